The predicted molar refractivity (Wildman–Crippen MR) is 108 cm³/mol. The van der Waals surface area contributed by atoms with Crippen LogP contribution in [0.25, 0.3) is 0 Å². The summed E-state index contributed by atoms with van der Waals surface area (Å²) in [4.78, 5) is 44.2. The molecule has 4 rings (SSSR count). The molecule has 28 heavy (non-hydrogen) atoms. The van der Waals surface area contributed by atoms with E-state index in [1.165, 1.54) is 11.8 Å². The molecule has 1 atom stereocenters. The van der Waals surface area contributed by atoms with E-state index in [4.69, 9.17) is 0 Å². The fourth-order valence-corrected chi connectivity index (χ4v) is 5.03. The molecule has 1 N–H and O–H groups in total. The van der Waals surface area contributed by atoms with Crippen molar-refractivity contribution in [3.05, 3.63) is 24.3 Å². The van der Waals surface area contributed by atoms with Crippen LogP contribution >= 0.6 is 11.8 Å². The number of likely N-dealkylation sites (tertiary alicyclic amines) is 1. The molecule has 2 saturated heterocycles. The fourth-order valence-electron chi connectivity index (χ4n) is 3.93. The number of anilines is 1. The van der Waals surface area contributed by atoms with Gasteiger partial charge in [0.2, 0.25) is 17.7 Å². The number of thioether (sulfide) groups is 1. The SMILES string of the molecule is O=C1Nc2ccccc2S[C@@H]1CC(=O)N1CCN(CC(=O)N2CCCC2)CC1. The molecule has 0 aliphatic carbocycles. The number of rotatable bonds is 4. The van der Waals surface area contributed by atoms with Gasteiger partial charge >= 0.3 is 0 Å². The van der Waals surface area contributed by atoms with Gasteiger partial charge < -0.3 is 15.1 Å². The third-order valence-corrected chi connectivity index (χ3v) is 6.88. The Kier molecular flexibility index (Phi) is 5.87. The Bertz CT molecular complexity index is 758. The zero-order chi connectivity index (χ0) is 19.5. The summed E-state index contributed by atoms with van der Waals surface area (Å²) in [6.07, 6.45) is 2.41. The zero-order valence-corrected chi connectivity index (χ0v) is 16.7. The second-order valence-corrected chi connectivity index (χ2v) is 8.79. The largest absolute Gasteiger partial charge is 0.342 e. The van der Waals surface area contributed by atoms with E-state index in [9.17, 15) is 14.4 Å². The van der Waals surface area contributed by atoms with Gasteiger partial charge in [0.25, 0.3) is 0 Å². The Morgan fingerprint density at radius 1 is 0.964 bits per heavy atom. The summed E-state index contributed by atoms with van der Waals surface area (Å²) in [5, 5.41) is 2.50. The van der Waals surface area contributed by atoms with Crippen LogP contribution in [-0.4, -0.2) is 83.5 Å². The number of nitrogens with zero attached hydrogens (tertiary/aromatic N) is 3. The van der Waals surface area contributed by atoms with Crippen LogP contribution in [0.2, 0.25) is 0 Å². The molecule has 1 aromatic rings. The monoisotopic (exact) mass is 402 g/mol. The maximum Gasteiger partial charge on any atom is 0.238 e. The molecule has 0 bridgehead atoms. The quantitative estimate of drug-likeness (QED) is 0.821. The highest BCUT2D eigenvalue weighted by Crippen LogP contribution is 2.36. The molecular formula is C20H26N4O3S. The molecule has 0 aromatic heterocycles. The van der Waals surface area contributed by atoms with Crippen molar-refractivity contribution in [1.29, 1.82) is 0 Å². The van der Waals surface area contributed by atoms with E-state index in [-0.39, 0.29) is 24.1 Å². The minimum absolute atomic E-state index is 0.0116. The van der Waals surface area contributed by atoms with Gasteiger partial charge in [-0.25, -0.2) is 0 Å². The van der Waals surface area contributed by atoms with E-state index >= 15 is 0 Å². The Labute approximate surface area is 169 Å². The average Bonchev–Trinajstić information content (AvgIpc) is 3.24. The van der Waals surface area contributed by atoms with Crippen molar-refractivity contribution in [3.8, 4) is 0 Å². The number of hydrogen-bond acceptors (Lipinski definition) is 5. The first kappa shape index (κ1) is 19.3. The molecule has 2 fully saturated rings. The first-order chi connectivity index (χ1) is 13.6. The lowest BCUT2D eigenvalue weighted by Gasteiger charge is -2.35. The average molecular weight is 403 g/mol. The molecule has 3 aliphatic rings. The number of fused-ring (bicyclic) bond motifs is 1. The van der Waals surface area contributed by atoms with Crippen LogP contribution in [-0.2, 0) is 14.4 Å². The van der Waals surface area contributed by atoms with E-state index in [2.05, 4.69) is 10.2 Å². The van der Waals surface area contributed by atoms with Gasteiger partial charge in [0.1, 0.15) is 0 Å². The van der Waals surface area contributed by atoms with Crippen LogP contribution in [0.4, 0.5) is 5.69 Å². The number of benzene rings is 1. The molecule has 1 aromatic carbocycles. The van der Waals surface area contributed by atoms with Gasteiger partial charge in [-0.3, -0.25) is 19.3 Å². The van der Waals surface area contributed by atoms with Gasteiger partial charge in [0.15, 0.2) is 0 Å². The van der Waals surface area contributed by atoms with Crippen molar-refractivity contribution in [1.82, 2.24) is 14.7 Å². The highest BCUT2D eigenvalue weighted by molar-refractivity contribution is 8.01. The third-order valence-electron chi connectivity index (χ3n) is 5.61. The Morgan fingerprint density at radius 3 is 2.39 bits per heavy atom. The van der Waals surface area contributed by atoms with Gasteiger partial charge in [-0.1, -0.05) is 12.1 Å². The Balaban J connectivity index is 1.25. The summed E-state index contributed by atoms with van der Waals surface area (Å²) in [6.45, 7) is 4.84. The second-order valence-electron chi connectivity index (χ2n) is 7.54. The summed E-state index contributed by atoms with van der Waals surface area (Å²) in [6, 6.07) is 7.66. The van der Waals surface area contributed by atoms with E-state index in [1.807, 2.05) is 34.1 Å². The summed E-state index contributed by atoms with van der Waals surface area (Å²) in [7, 11) is 0. The zero-order valence-electron chi connectivity index (χ0n) is 15.9. The number of carbonyl (C=O) groups excluding carboxylic acids is 3. The lowest BCUT2D eigenvalue weighted by Crippen LogP contribution is -2.52. The van der Waals surface area contributed by atoms with Gasteiger partial charge in [0.05, 0.1) is 17.5 Å². The molecule has 0 saturated carbocycles. The van der Waals surface area contributed by atoms with Crippen molar-refractivity contribution in [2.75, 3.05) is 51.1 Å². The number of amides is 3. The number of para-hydroxylation sites is 1. The van der Waals surface area contributed by atoms with Crippen LogP contribution in [0, 0.1) is 0 Å². The maximum atomic E-state index is 12.7. The van der Waals surface area contributed by atoms with Crippen molar-refractivity contribution >= 4 is 35.2 Å². The van der Waals surface area contributed by atoms with Crippen LogP contribution in [0.3, 0.4) is 0 Å². The van der Waals surface area contributed by atoms with Crippen LogP contribution < -0.4 is 5.32 Å². The van der Waals surface area contributed by atoms with E-state index in [0.29, 0.717) is 32.7 Å². The van der Waals surface area contributed by atoms with E-state index < -0.39 is 5.25 Å². The molecule has 7 nitrogen and oxygen atoms in total. The first-order valence-electron chi connectivity index (χ1n) is 9.94. The highest BCUT2D eigenvalue weighted by atomic mass is 32.2. The first-order valence-corrected chi connectivity index (χ1v) is 10.8. The van der Waals surface area contributed by atoms with Crippen molar-refractivity contribution < 1.29 is 14.4 Å². The molecule has 0 unspecified atom stereocenters. The summed E-state index contributed by atoms with van der Waals surface area (Å²) in [5.41, 5.74) is 0.817. The van der Waals surface area contributed by atoms with Crippen molar-refractivity contribution in [2.24, 2.45) is 0 Å². The fraction of sp³-hybridized carbons (Fsp3) is 0.550. The Morgan fingerprint density at radius 2 is 1.64 bits per heavy atom. The van der Waals surface area contributed by atoms with Crippen LogP contribution in [0.15, 0.2) is 29.2 Å². The van der Waals surface area contributed by atoms with Crippen molar-refractivity contribution in [3.63, 3.8) is 0 Å². The molecule has 3 heterocycles. The second kappa shape index (κ2) is 8.53. The number of piperazine rings is 1. The van der Waals surface area contributed by atoms with Gasteiger partial charge in [-0.15, -0.1) is 11.8 Å². The number of carbonyl (C=O) groups is 3. The summed E-state index contributed by atoms with van der Waals surface area (Å²) in [5.74, 6) is 0.107. The Hall–Kier alpha value is -2.06. The lowest BCUT2D eigenvalue weighted by molar-refractivity contribution is -0.135. The summed E-state index contributed by atoms with van der Waals surface area (Å²) >= 11 is 1.46. The van der Waals surface area contributed by atoms with E-state index in [1.54, 1.807) is 0 Å². The standard InChI is InChI=1S/C20H26N4O3S/c25-18(13-17-20(27)21-15-5-1-2-6-16(15)28-17)24-11-9-22(10-12-24)14-19(26)23-7-3-4-8-23/h1-2,5-6,17H,3-4,7-14H2,(H,21,27)/t17-/m1/s1. The molecule has 0 spiro atoms. The third kappa shape index (κ3) is 4.33. The number of nitrogens with one attached hydrogen (secondary N) is 1. The smallest absolute Gasteiger partial charge is 0.238 e. The van der Waals surface area contributed by atoms with Gasteiger partial charge in [0, 0.05) is 50.6 Å². The molecular weight excluding hydrogens is 376 g/mol. The number of hydrogen-bond donors (Lipinski definition) is 1. The van der Waals surface area contributed by atoms with E-state index in [0.717, 1.165) is 36.5 Å². The minimum Gasteiger partial charge on any atom is -0.342 e. The normalized spacial score (nSPS) is 22.7. The molecule has 8 heteroatoms. The van der Waals surface area contributed by atoms with Crippen molar-refractivity contribution in [2.45, 2.75) is 29.4 Å². The maximum absolute atomic E-state index is 12.7. The topological polar surface area (TPSA) is 73.0 Å². The molecule has 150 valence electrons. The van der Waals surface area contributed by atoms with Crippen LogP contribution in [0.1, 0.15) is 19.3 Å². The molecule has 3 amide bonds. The van der Waals surface area contributed by atoms with Crippen LogP contribution in [0.5, 0.6) is 0 Å². The van der Waals surface area contributed by atoms with Gasteiger partial charge in [-0.05, 0) is 25.0 Å². The molecule has 3 aliphatic heterocycles. The van der Waals surface area contributed by atoms with Gasteiger partial charge in [-0.2, -0.15) is 0 Å². The lowest BCUT2D eigenvalue weighted by atomic mass is 10.2. The summed E-state index contributed by atoms with van der Waals surface area (Å²) < 4.78 is 0. The minimum atomic E-state index is -0.392. The highest BCUT2D eigenvalue weighted by Gasteiger charge is 2.32. The predicted octanol–water partition coefficient (Wildman–Crippen LogP) is 1.26. The molecule has 0 radical (unpaired) electrons.